The molecule has 4 N–H and O–H groups in total. The van der Waals surface area contributed by atoms with E-state index in [4.69, 9.17) is 12.2 Å². The zero-order valence-corrected chi connectivity index (χ0v) is 83.9. The van der Waals surface area contributed by atoms with E-state index in [2.05, 4.69) is 338 Å². The van der Waals surface area contributed by atoms with Crippen molar-refractivity contribution in [3.8, 4) is 0 Å². The third-order valence-electron chi connectivity index (χ3n) is 26.3. The number of imide groups is 2. The average molecular weight is 2030 g/mol. The summed E-state index contributed by atoms with van der Waals surface area (Å²) >= 11 is 11.2. The van der Waals surface area contributed by atoms with Gasteiger partial charge in [0.05, 0.1) is 16.9 Å². The monoisotopic (exact) mass is 2030 g/mol. The van der Waals surface area contributed by atoms with Crippen molar-refractivity contribution >= 4 is 296 Å². The zero-order chi connectivity index (χ0) is 102. The highest BCUT2D eigenvalue weighted by Gasteiger charge is 2.34. The van der Waals surface area contributed by atoms with Crippen molar-refractivity contribution in [2.75, 3.05) is 19.6 Å². The molecule has 6 heterocycles. The Hall–Kier alpha value is -18.9. The number of nitrogens with one attached hydrogen (secondary N) is 4. The van der Waals surface area contributed by atoms with Gasteiger partial charge in [-0.2, -0.15) is 0 Å². The molecule has 0 radical (unpaired) electrons. The van der Waals surface area contributed by atoms with Crippen LogP contribution in [0.2, 0.25) is 0 Å². The number of anilines is 12. The van der Waals surface area contributed by atoms with Crippen molar-refractivity contribution in [1.29, 1.82) is 0 Å². The zero-order valence-electron chi connectivity index (χ0n) is 79.8. The predicted molar refractivity (Wildman–Crippen MR) is 623 cm³/mol. The first-order valence-corrected chi connectivity index (χ1v) is 52.1. The average Bonchev–Trinajstić information content (AvgIpc) is 1.28. The number of Topliss-reactive ketones (excluding diaryl/α,β-unsaturated/α-hetero) is 2. The Morgan fingerprint density at radius 2 is 0.620 bits per heavy atom. The van der Waals surface area contributed by atoms with Gasteiger partial charge in [-0.05, 0) is 247 Å². The first kappa shape index (κ1) is 94.7. The molecule has 0 unspecified atom stereocenters. The number of thiophene rings is 4. The molecule has 1 aliphatic carbocycles. The molecule has 16 nitrogen and oxygen atoms in total. The van der Waals surface area contributed by atoms with Gasteiger partial charge in [-0.1, -0.05) is 315 Å². The molecule has 23 aromatic rings. The smallest absolute Gasteiger partial charge is 0.310 e. The molecule has 718 valence electrons. The van der Waals surface area contributed by atoms with Crippen molar-refractivity contribution in [2.45, 2.75) is 0 Å². The summed E-state index contributed by atoms with van der Waals surface area (Å²) in [4.78, 5) is 111. The van der Waals surface area contributed by atoms with E-state index in [1.165, 1.54) is 76.5 Å². The number of nitrogens with zero attached hydrogens (tertiary/aromatic N) is 4. The summed E-state index contributed by atoms with van der Waals surface area (Å²) in [5, 5.41) is 30.8. The quantitative estimate of drug-likeness (QED) is 0.0208. The van der Waals surface area contributed by atoms with E-state index in [-0.39, 0.29) is 39.2 Å². The molecule has 6 amide bonds. The maximum atomic E-state index is 13.0. The molecule has 0 spiro atoms. The van der Waals surface area contributed by atoms with E-state index in [0.717, 1.165) is 129 Å². The fraction of sp³-hybridized carbons (Fsp3) is 0. The Labute approximate surface area is 882 Å². The SMILES string of the molecule is O=C(/C=C/c1ccc(N(c2ccccc2)c2ccc3ccccc3c2)s1)c1ccccc1.O=C1C(=Cc2ccc3c(c2)sc2cc(N(c4ccc5ccccc5c4)c4cccc5ccccc45)ccc23)C(=O)c2ccccc21.O=C1NC(=O)C(=Cc2ccc(N(c3ccc4ccccc4c3)c3c4ccccc4cc4ccccc34)s2)C(=O)N1.O=C1NC(=S)NC(=O)C1=Cc1ccc(N(c2ccccc2)c2ccc3ccccc3c2)s1. The van der Waals surface area contributed by atoms with Crippen LogP contribution in [0.25, 0.3) is 120 Å². The Morgan fingerprint density at radius 3 is 1.11 bits per heavy atom. The van der Waals surface area contributed by atoms with E-state index in [1.807, 2.05) is 140 Å². The maximum absolute atomic E-state index is 13.0. The van der Waals surface area contributed by atoms with Crippen LogP contribution in [0.3, 0.4) is 0 Å². The van der Waals surface area contributed by atoms with E-state index >= 15 is 0 Å². The lowest BCUT2D eigenvalue weighted by atomic mass is 9.99. The molecular formula is C129H84N8O8S5. The summed E-state index contributed by atoms with van der Waals surface area (Å²) < 4.78 is 2.28. The molecule has 21 heteroatoms. The van der Waals surface area contributed by atoms with Crippen LogP contribution in [0.5, 0.6) is 0 Å². The van der Waals surface area contributed by atoms with Gasteiger partial charge in [0.2, 0.25) is 0 Å². The van der Waals surface area contributed by atoms with Gasteiger partial charge in [0.1, 0.15) is 26.1 Å². The van der Waals surface area contributed by atoms with Gasteiger partial charge in [0.15, 0.2) is 22.5 Å². The van der Waals surface area contributed by atoms with Crippen LogP contribution in [0.15, 0.2) is 478 Å². The van der Waals surface area contributed by atoms with Gasteiger partial charge in [-0.25, -0.2) is 4.79 Å². The lowest BCUT2D eigenvalue weighted by molar-refractivity contribution is -0.125. The molecule has 0 atom stereocenters. The summed E-state index contributed by atoms with van der Waals surface area (Å²) in [5.41, 5.74) is 12.2. The number of allylic oxidation sites excluding steroid dienone is 2. The third kappa shape index (κ3) is 19.6. The maximum Gasteiger partial charge on any atom is 0.328 e. The number of hydrogen-bond donors (Lipinski definition) is 4. The fourth-order valence-corrected chi connectivity index (χ4v) is 23.5. The second-order valence-electron chi connectivity index (χ2n) is 35.8. The largest absolute Gasteiger partial charge is 0.328 e. The standard InChI is InChI=1S/C42H25NO2S.C33H21N3O3S.C29H21NOS.C25H17N3O2S2/c44-41-35-13-5-6-14-36(35)42(45)37(41)22-26-16-20-33-34-21-19-31(25-40(34)46-39(33)23-26)43(30-18-17-27-8-1-2-10-29(27)24-30)38-15-7-11-28-9-3-4-12-32(28)38;37-31-28(32(38)35-33(39)34-31)19-25-15-16-29(40-25)36(24-14-13-20-7-1-2-8-21(20)18-24)30-26-11-5-3-9-22(26)17-23-10-4-6-12-27(23)30;31-28(23-10-3-1-4-11-23)19-17-27-18-20-29(32-27)30(25-13-5-2-6-14-25)26-16-15-22-9-7-8-12-24(22)21-26;29-23-21(24(30)27-25(31)26-23)15-20-12-13-22(32-20)28(18-8-2-1-3-9-18)19-11-10-16-6-4-5-7-17(16)14-19/h1-25H;1-19H,(H2,34,35,37,38,39);1-21H;1-15H,(H2,26,27,29,30,31)/b;;19-17+;. The third-order valence-corrected chi connectivity index (χ3v) is 30.7. The van der Waals surface area contributed by atoms with Crippen LogP contribution in [0.4, 0.5) is 71.0 Å². The number of fused-ring (bicyclic) bond motifs is 11. The van der Waals surface area contributed by atoms with Crippen LogP contribution in [0.1, 0.15) is 51.3 Å². The number of carbonyl (C=O) groups is 8. The molecule has 26 rings (SSSR count). The molecule has 3 aliphatic rings. The predicted octanol–water partition coefficient (Wildman–Crippen LogP) is 32.3. The van der Waals surface area contributed by atoms with E-state index in [1.54, 1.807) is 65.2 Å². The highest BCUT2D eigenvalue weighted by atomic mass is 32.1. The van der Waals surface area contributed by atoms with Gasteiger partial charge in [-0.15, -0.1) is 45.3 Å². The molecule has 150 heavy (non-hydrogen) atoms. The lowest BCUT2D eigenvalue weighted by Gasteiger charge is -2.27. The number of para-hydroxylation sites is 2. The number of urea groups is 1. The van der Waals surface area contributed by atoms with E-state index in [0.29, 0.717) is 21.6 Å². The minimum absolute atomic E-state index is 0.00925. The summed E-state index contributed by atoms with van der Waals surface area (Å²) in [5.74, 6) is -2.82. The molecule has 0 bridgehead atoms. The first-order valence-electron chi connectivity index (χ1n) is 48.4. The number of amides is 6. The Bertz CT molecular complexity index is 9420. The highest BCUT2D eigenvalue weighted by molar-refractivity contribution is 7.80. The van der Waals surface area contributed by atoms with Gasteiger partial charge >= 0.3 is 6.03 Å². The van der Waals surface area contributed by atoms with Crippen LogP contribution in [0, 0.1) is 0 Å². The number of thiocarbonyl (C=S) groups is 1. The minimum Gasteiger partial charge on any atom is -0.310 e. The number of rotatable bonds is 18. The second-order valence-corrected chi connectivity index (χ2v) is 40.6. The van der Waals surface area contributed by atoms with Gasteiger partial charge in [-0.3, -0.25) is 54.8 Å². The number of benzene rings is 19. The van der Waals surface area contributed by atoms with Crippen molar-refractivity contribution in [3.05, 3.63) is 515 Å². The highest BCUT2D eigenvalue weighted by Crippen LogP contribution is 2.50. The van der Waals surface area contributed by atoms with Crippen LogP contribution in [-0.2, 0) is 19.2 Å². The van der Waals surface area contributed by atoms with Crippen molar-refractivity contribution in [1.82, 2.24) is 21.3 Å². The molecular weight excluding hydrogens is 1950 g/mol. The van der Waals surface area contributed by atoms with Crippen LogP contribution < -0.4 is 40.9 Å². The molecule has 2 saturated heterocycles. The molecule has 2 aliphatic heterocycles. The summed E-state index contributed by atoms with van der Waals surface area (Å²) in [7, 11) is 0. The number of barbiturate groups is 1. The number of carbonyl (C=O) groups excluding carboxylic acids is 8. The molecule has 19 aromatic carbocycles. The fourth-order valence-electron chi connectivity index (χ4n) is 19.2. The van der Waals surface area contributed by atoms with E-state index in [9.17, 15) is 38.4 Å². The summed E-state index contributed by atoms with van der Waals surface area (Å²) in [6, 6.07) is 154. The second kappa shape index (κ2) is 41.7. The molecule has 0 saturated carbocycles. The van der Waals surface area contributed by atoms with Crippen molar-refractivity contribution in [2.24, 2.45) is 0 Å². The van der Waals surface area contributed by atoms with Gasteiger partial charge in [0.25, 0.3) is 23.6 Å². The number of ketones is 3. The van der Waals surface area contributed by atoms with Crippen molar-refractivity contribution < 1.29 is 38.4 Å². The van der Waals surface area contributed by atoms with Crippen LogP contribution >= 0.6 is 57.6 Å². The van der Waals surface area contributed by atoms with Crippen LogP contribution in [-0.4, -0.2) is 52.1 Å². The van der Waals surface area contributed by atoms with Crippen molar-refractivity contribution in [3.63, 3.8) is 0 Å². The molecule has 4 aromatic heterocycles. The first-order chi connectivity index (χ1) is 73.5. The normalized spacial score (nSPS) is 12.8. The molecule has 2 fully saturated rings. The van der Waals surface area contributed by atoms with E-state index < -0.39 is 29.7 Å². The lowest BCUT2D eigenvalue weighted by Crippen LogP contribution is -2.51. The topological polar surface area (TPSA) is 198 Å². The number of hydrogen-bond acceptors (Lipinski definition) is 17. The Balaban J connectivity index is 0.000000111. The van der Waals surface area contributed by atoms with Gasteiger partial charge in [0, 0.05) is 107 Å². The minimum atomic E-state index is -0.815. The summed E-state index contributed by atoms with van der Waals surface area (Å²) in [6.45, 7) is 0. The van der Waals surface area contributed by atoms with Gasteiger partial charge < -0.3 is 19.6 Å². The Morgan fingerprint density at radius 1 is 0.253 bits per heavy atom. The summed E-state index contributed by atoms with van der Waals surface area (Å²) in [6.07, 6.45) is 8.39. The Kier molecular flexibility index (Phi) is 26.3.